The molecule has 1 aromatic carbocycles. The van der Waals surface area contributed by atoms with Gasteiger partial charge in [-0.25, -0.2) is 4.79 Å². The van der Waals surface area contributed by atoms with Gasteiger partial charge in [0.2, 0.25) is 0 Å². The third kappa shape index (κ3) is 8.09. The number of nitrogens with one attached hydrogen (secondary N) is 2. The number of hydrogen-bond acceptors (Lipinski definition) is 7. The summed E-state index contributed by atoms with van der Waals surface area (Å²) in [7, 11) is 3.15. The van der Waals surface area contributed by atoms with Crippen molar-refractivity contribution in [1.29, 1.82) is 0 Å². The van der Waals surface area contributed by atoms with Gasteiger partial charge in [0.15, 0.2) is 5.76 Å². The molecule has 10 nitrogen and oxygen atoms in total. The molecule has 3 atom stereocenters. The Labute approximate surface area is 225 Å². The van der Waals surface area contributed by atoms with Gasteiger partial charge < -0.3 is 29.5 Å². The number of amides is 3. The monoisotopic (exact) mass is 555 g/mol. The number of alkyl halides is 3. The van der Waals surface area contributed by atoms with Crippen LogP contribution in [0.3, 0.4) is 0 Å². The van der Waals surface area contributed by atoms with Crippen molar-refractivity contribution in [3.8, 4) is 5.75 Å². The standard InChI is InChI=1S/C26H36F3N5O5/c1-15-12-34(10-9-26(27,28)29)16(2)14-38-21-11-19(30-25(36)31-23-17(3)32-39-18(23)4)7-8-20(21)24(35)33(5)13-22(15)37-6/h7-8,11,15-16,22H,9-10,12-14H2,1-6H3,(H2,30,31,36)/t15-,16+,22-/m0/s1. The van der Waals surface area contributed by atoms with Crippen molar-refractivity contribution in [2.24, 2.45) is 5.92 Å². The second kappa shape index (κ2) is 12.7. The minimum absolute atomic E-state index is 0.0287. The van der Waals surface area contributed by atoms with E-state index in [0.717, 1.165) is 0 Å². The van der Waals surface area contributed by atoms with Crippen LogP contribution in [-0.4, -0.2) is 85.6 Å². The average molecular weight is 556 g/mol. The Morgan fingerprint density at radius 3 is 2.54 bits per heavy atom. The number of anilines is 2. The number of carbonyl (C=O) groups is 2. The van der Waals surface area contributed by atoms with E-state index >= 15 is 0 Å². The summed E-state index contributed by atoms with van der Waals surface area (Å²) in [6.45, 7) is 7.43. The predicted octanol–water partition coefficient (Wildman–Crippen LogP) is 4.69. The molecule has 2 heterocycles. The summed E-state index contributed by atoms with van der Waals surface area (Å²) in [5.41, 5.74) is 1.57. The smallest absolute Gasteiger partial charge is 0.390 e. The fourth-order valence-electron chi connectivity index (χ4n) is 4.44. The summed E-state index contributed by atoms with van der Waals surface area (Å²) in [5.74, 6) is 0.188. The molecule has 1 aromatic heterocycles. The number of carbonyl (C=O) groups excluding carboxylic acids is 2. The van der Waals surface area contributed by atoms with Crippen LogP contribution in [0.2, 0.25) is 0 Å². The summed E-state index contributed by atoms with van der Waals surface area (Å²) in [6, 6.07) is 3.69. The molecule has 0 aliphatic carbocycles. The van der Waals surface area contributed by atoms with Crippen LogP contribution in [0.4, 0.5) is 29.3 Å². The van der Waals surface area contributed by atoms with Crippen LogP contribution in [0.1, 0.15) is 42.1 Å². The number of aryl methyl sites for hydroxylation is 2. The number of benzene rings is 1. The van der Waals surface area contributed by atoms with Crippen LogP contribution in [0.5, 0.6) is 5.75 Å². The first-order chi connectivity index (χ1) is 18.3. The highest BCUT2D eigenvalue weighted by atomic mass is 19.4. The summed E-state index contributed by atoms with van der Waals surface area (Å²) in [5, 5.41) is 9.18. The van der Waals surface area contributed by atoms with Gasteiger partial charge in [-0.15, -0.1) is 0 Å². The van der Waals surface area contributed by atoms with Gasteiger partial charge in [0.25, 0.3) is 5.91 Å². The van der Waals surface area contributed by atoms with Gasteiger partial charge in [0.1, 0.15) is 23.7 Å². The molecule has 1 aliphatic rings. The van der Waals surface area contributed by atoms with Crippen LogP contribution in [0.25, 0.3) is 0 Å². The molecule has 1 aliphatic heterocycles. The Kier molecular flexibility index (Phi) is 9.83. The third-order valence-electron chi connectivity index (χ3n) is 6.79. The van der Waals surface area contributed by atoms with Crippen molar-refractivity contribution >= 4 is 23.3 Å². The number of methoxy groups -OCH3 is 1. The summed E-state index contributed by atoms with van der Waals surface area (Å²) in [4.78, 5) is 29.2. The number of likely N-dealkylation sites (N-methyl/N-ethyl adjacent to an activating group) is 1. The summed E-state index contributed by atoms with van der Waals surface area (Å²) in [6.07, 6.45) is -5.64. The SMILES string of the molecule is CO[C@H]1CN(C)C(=O)c2ccc(NC(=O)Nc3c(C)noc3C)cc2OC[C@@H](C)N(CCC(F)(F)F)C[C@@H]1C. The number of fused-ring (bicyclic) bond motifs is 1. The van der Waals surface area contributed by atoms with Gasteiger partial charge in [-0.3, -0.25) is 9.69 Å². The van der Waals surface area contributed by atoms with E-state index in [9.17, 15) is 22.8 Å². The molecule has 216 valence electrons. The molecule has 3 rings (SSSR count). The van der Waals surface area contributed by atoms with E-state index in [1.54, 1.807) is 44.9 Å². The number of nitrogens with zero attached hydrogens (tertiary/aromatic N) is 3. The first-order valence-electron chi connectivity index (χ1n) is 12.7. The molecule has 0 fully saturated rings. The molecule has 0 spiro atoms. The topological polar surface area (TPSA) is 109 Å². The first kappa shape index (κ1) is 30.2. The van der Waals surface area contributed by atoms with E-state index in [0.29, 0.717) is 29.4 Å². The third-order valence-corrected chi connectivity index (χ3v) is 6.79. The lowest BCUT2D eigenvalue weighted by Crippen LogP contribution is -2.47. The second-order valence-corrected chi connectivity index (χ2v) is 9.95. The minimum atomic E-state index is -4.29. The van der Waals surface area contributed by atoms with Crippen molar-refractivity contribution in [2.45, 2.75) is 52.4 Å². The number of rotatable bonds is 5. The Morgan fingerprint density at radius 1 is 1.21 bits per heavy atom. The maximum Gasteiger partial charge on any atom is 0.390 e. The van der Waals surface area contributed by atoms with Crippen LogP contribution in [-0.2, 0) is 4.74 Å². The Bertz CT molecular complexity index is 1140. The molecule has 0 unspecified atom stereocenters. The predicted molar refractivity (Wildman–Crippen MR) is 139 cm³/mol. The highest BCUT2D eigenvalue weighted by Crippen LogP contribution is 2.28. The molecule has 13 heteroatoms. The van der Waals surface area contributed by atoms with Gasteiger partial charge in [-0.2, -0.15) is 13.2 Å². The van der Waals surface area contributed by atoms with Crippen molar-refractivity contribution < 1.29 is 36.8 Å². The Balaban J connectivity index is 1.87. The lowest BCUT2D eigenvalue weighted by molar-refractivity contribution is -0.140. The van der Waals surface area contributed by atoms with Gasteiger partial charge in [-0.1, -0.05) is 12.1 Å². The van der Waals surface area contributed by atoms with Gasteiger partial charge in [0.05, 0.1) is 18.1 Å². The number of hydrogen-bond donors (Lipinski definition) is 2. The largest absolute Gasteiger partial charge is 0.491 e. The molecular formula is C26H36F3N5O5. The quantitative estimate of drug-likeness (QED) is 0.551. The maximum absolute atomic E-state index is 13.3. The maximum atomic E-state index is 13.3. The van der Waals surface area contributed by atoms with Gasteiger partial charge in [0, 0.05) is 51.6 Å². The molecule has 0 saturated heterocycles. The van der Waals surface area contributed by atoms with E-state index in [1.165, 1.54) is 18.1 Å². The zero-order valence-corrected chi connectivity index (χ0v) is 23.0. The van der Waals surface area contributed by atoms with Gasteiger partial charge in [-0.05, 0) is 38.8 Å². The fourth-order valence-corrected chi connectivity index (χ4v) is 4.44. The lowest BCUT2D eigenvalue weighted by Gasteiger charge is -2.36. The summed E-state index contributed by atoms with van der Waals surface area (Å²) >= 11 is 0. The van der Waals surface area contributed by atoms with Crippen molar-refractivity contribution in [3.05, 3.63) is 35.2 Å². The van der Waals surface area contributed by atoms with E-state index in [2.05, 4.69) is 15.8 Å². The minimum Gasteiger partial charge on any atom is -0.491 e. The van der Waals surface area contributed by atoms with E-state index < -0.39 is 30.8 Å². The number of ether oxygens (including phenoxy) is 2. The fraction of sp³-hybridized carbons (Fsp3) is 0.577. The molecule has 0 bridgehead atoms. The van der Waals surface area contributed by atoms with Crippen LogP contribution in [0.15, 0.2) is 22.7 Å². The highest BCUT2D eigenvalue weighted by Gasteiger charge is 2.32. The van der Waals surface area contributed by atoms with Crippen molar-refractivity contribution in [2.75, 3.05) is 51.0 Å². The molecule has 2 N–H and O–H groups in total. The van der Waals surface area contributed by atoms with E-state index in [4.69, 9.17) is 14.0 Å². The van der Waals surface area contributed by atoms with E-state index in [-0.39, 0.29) is 42.8 Å². The van der Waals surface area contributed by atoms with Crippen LogP contribution >= 0.6 is 0 Å². The van der Waals surface area contributed by atoms with Gasteiger partial charge >= 0.3 is 12.2 Å². The molecule has 0 radical (unpaired) electrons. The van der Waals surface area contributed by atoms with Crippen LogP contribution < -0.4 is 15.4 Å². The van der Waals surface area contributed by atoms with Crippen LogP contribution in [0, 0.1) is 19.8 Å². The van der Waals surface area contributed by atoms with E-state index in [1.807, 2.05) is 6.92 Å². The molecular weight excluding hydrogens is 519 g/mol. The molecule has 2 aromatic rings. The zero-order chi connectivity index (χ0) is 28.9. The molecule has 3 amide bonds. The normalized spacial score (nSPS) is 21.4. The summed E-state index contributed by atoms with van der Waals surface area (Å²) < 4.78 is 55.8. The molecule has 0 saturated carbocycles. The van der Waals surface area contributed by atoms with Crippen molar-refractivity contribution in [3.63, 3.8) is 0 Å². The van der Waals surface area contributed by atoms with Crippen molar-refractivity contribution in [1.82, 2.24) is 15.0 Å². The highest BCUT2D eigenvalue weighted by molar-refractivity contribution is 6.02. The Morgan fingerprint density at radius 2 is 1.92 bits per heavy atom. The second-order valence-electron chi connectivity index (χ2n) is 9.95. The zero-order valence-electron chi connectivity index (χ0n) is 23.0. The number of halogens is 3. The Hall–Kier alpha value is -3.32. The first-order valence-corrected chi connectivity index (χ1v) is 12.7. The lowest BCUT2D eigenvalue weighted by atomic mass is 10.0. The molecule has 39 heavy (non-hydrogen) atoms. The number of aromatic nitrogens is 1. The average Bonchev–Trinajstić information content (AvgIpc) is 3.18. The number of urea groups is 1.